The van der Waals surface area contributed by atoms with Gasteiger partial charge in [0.05, 0.1) is 12.3 Å². The van der Waals surface area contributed by atoms with Crippen LogP contribution in [0.15, 0.2) is 53.4 Å². The van der Waals surface area contributed by atoms with Crippen LogP contribution in [0.2, 0.25) is 0 Å². The summed E-state index contributed by atoms with van der Waals surface area (Å²) in [6.07, 6.45) is 1.01. The zero-order valence-corrected chi connectivity index (χ0v) is 16.2. The Morgan fingerprint density at radius 1 is 1.23 bits per heavy atom. The lowest BCUT2D eigenvalue weighted by Crippen LogP contribution is -2.33. The van der Waals surface area contributed by atoms with E-state index in [0.717, 1.165) is 35.8 Å². The minimum Gasteiger partial charge on any atom is -0.384 e. The Bertz CT molecular complexity index is 733. The molecule has 0 radical (unpaired) electrons. The molecule has 0 saturated carbocycles. The largest absolute Gasteiger partial charge is 0.384 e. The first-order valence-electron chi connectivity index (χ1n) is 8.98. The number of ether oxygens (including phenoxy) is 1. The lowest BCUT2D eigenvalue weighted by molar-refractivity contribution is 0.154. The van der Waals surface area contributed by atoms with Gasteiger partial charge < -0.3 is 15.0 Å². The summed E-state index contributed by atoms with van der Waals surface area (Å²) in [5, 5.41) is 3.09. The molecule has 0 spiro atoms. The van der Waals surface area contributed by atoms with Gasteiger partial charge in [-0.2, -0.15) is 0 Å². The van der Waals surface area contributed by atoms with E-state index >= 15 is 0 Å². The maximum atomic E-state index is 12.6. The highest BCUT2D eigenvalue weighted by atomic mass is 32.2. The molecule has 138 valence electrons. The van der Waals surface area contributed by atoms with Gasteiger partial charge in [0, 0.05) is 36.8 Å². The maximum absolute atomic E-state index is 12.6. The van der Waals surface area contributed by atoms with Crippen LogP contribution < -0.4 is 5.32 Å². The molecule has 0 aromatic heterocycles. The van der Waals surface area contributed by atoms with Crippen molar-refractivity contribution in [3.63, 3.8) is 0 Å². The number of thioether (sulfide) groups is 1. The summed E-state index contributed by atoms with van der Waals surface area (Å²) >= 11 is 1.75. The smallest absolute Gasteiger partial charge is 0.321 e. The van der Waals surface area contributed by atoms with Crippen molar-refractivity contribution in [1.82, 2.24) is 4.90 Å². The number of hydrogen-bond donors (Lipinski definition) is 1. The standard InChI is InChI=1S/C21H26N2O2S/c1-16-7-9-17(10-8-16)15-26-20-6-4-3-5-19(20)22-21(24)23-12-11-18(13-23)14-25-2/h3-10,18H,11-15H2,1-2H3,(H,22,24)/t18-/m1/s1. The van der Waals surface area contributed by atoms with Gasteiger partial charge in [0.2, 0.25) is 0 Å². The second kappa shape index (κ2) is 9.10. The van der Waals surface area contributed by atoms with Crippen LogP contribution in [0.4, 0.5) is 10.5 Å². The van der Waals surface area contributed by atoms with E-state index in [1.807, 2.05) is 23.1 Å². The SMILES string of the molecule is COC[C@@H]1CCN(C(=O)Nc2ccccc2SCc2ccc(C)cc2)C1. The van der Waals surface area contributed by atoms with E-state index in [4.69, 9.17) is 4.74 Å². The Balaban J connectivity index is 1.60. The predicted molar refractivity (Wildman–Crippen MR) is 108 cm³/mol. The number of para-hydroxylation sites is 1. The number of likely N-dealkylation sites (tertiary alicyclic amines) is 1. The molecule has 4 nitrogen and oxygen atoms in total. The van der Waals surface area contributed by atoms with E-state index in [2.05, 4.69) is 42.6 Å². The minimum atomic E-state index is -0.0213. The highest BCUT2D eigenvalue weighted by molar-refractivity contribution is 7.98. The van der Waals surface area contributed by atoms with Gasteiger partial charge in [-0.1, -0.05) is 42.0 Å². The topological polar surface area (TPSA) is 41.6 Å². The van der Waals surface area contributed by atoms with Crippen LogP contribution in [-0.4, -0.2) is 37.7 Å². The number of nitrogens with one attached hydrogen (secondary N) is 1. The molecule has 1 fully saturated rings. The Hall–Kier alpha value is -1.98. The summed E-state index contributed by atoms with van der Waals surface area (Å²) in [6, 6.07) is 16.6. The lowest BCUT2D eigenvalue weighted by Gasteiger charge is -2.18. The average Bonchev–Trinajstić information content (AvgIpc) is 3.11. The van der Waals surface area contributed by atoms with E-state index in [9.17, 15) is 4.79 Å². The van der Waals surface area contributed by atoms with Crippen molar-refractivity contribution in [2.24, 2.45) is 5.92 Å². The van der Waals surface area contributed by atoms with E-state index in [0.29, 0.717) is 12.5 Å². The van der Waals surface area contributed by atoms with Crippen molar-refractivity contribution in [1.29, 1.82) is 0 Å². The molecule has 1 atom stereocenters. The minimum absolute atomic E-state index is 0.0213. The first kappa shape index (κ1) is 18.8. The summed E-state index contributed by atoms with van der Waals surface area (Å²) in [7, 11) is 1.71. The number of nitrogens with zero attached hydrogens (tertiary/aromatic N) is 1. The third-order valence-corrected chi connectivity index (χ3v) is 5.76. The Kier molecular flexibility index (Phi) is 6.58. The summed E-state index contributed by atoms with van der Waals surface area (Å²) in [5.41, 5.74) is 3.43. The Labute approximate surface area is 159 Å². The van der Waals surface area contributed by atoms with E-state index in [-0.39, 0.29) is 6.03 Å². The van der Waals surface area contributed by atoms with Crippen LogP contribution >= 0.6 is 11.8 Å². The molecule has 0 unspecified atom stereocenters. The summed E-state index contributed by atoms with van der Waals surface area (Å²) in [4.78, 5) is 15.6. The van der Waals surface area contributed by atoms with Crippen molar-refractivity contribution in [3.05, 3.63) is 59.7 Å². The van der Waals surface area contributed by atoms with Crippen molar-refractivity contribution < 1.29 is 9.53 Å². The van der Waals surface area contributed by atoms with Gasteiger partial charge in [0.1, 0.15) is 0 Å². The molecule has 2 aromatic rings. The summed E-state index contributed by atoms with van der Waals surface area (Å²) in [5.74, 6) is 1.32. The van der Waals surface area contributed by atoms with Crippen molar-refractivity contribution in [2.75, 3.05) is 32.1 Å². The number of anilines is 1. The van der Waals surface area contributed by atoms with Crippen molar-refractivity contribution in [2.45, 2.75) is 24.0 Å². The number of aryl methyl sites for hydroxylation is 1. The molecule has 3 rings (SSSR count). The molecule has 1 saturated heterocycles. The van der Waals surface area contributed by atoms with Gasteiger partial charge in [0.25, 0.3) is 0 Å². The predicted octanol–water partition coefficient (Wildman–Crippen LogP) is 4.79. The fourth-order valence-electron chi connectivity index (χ4n) is 3.12. The number of benzene rings is 2. The van der Waals surface area contributed by atoms with Crippen LogP contribution in [0.25, 0.3) is 0 Å². The molecule has 1 N–H and O–H groups in total. The summed E-state index contributed by atoms with van der Waals surface area (Å²) in [6.45, 7) is 4.36. The number of methoxy groups -OCH3 is 1. The number of hydrogen-bond acceptors (Lipinski definition) is 3. The molecule has 1 heterocycles. The molecular formula is C21H26N2O2S. The quantitative estimate of drug-likeness (QED) is 0.744. The van der Waals surface area contributed by atoms with Gasteiger partial charge in [0.15, 0.2) is 0 Å². The third-order valence-electron chi connectivity index (χ3n) is 4.62. The van der Waals surface area contributed by atoms with E-state index in [1.165, 1.54) is 11.1 Å². The Morgan fingerprint density at radius 2 is 2.00 bits per heavy atom. The van der Waals surface area contributed by atoms with Crippen LogP contribution in [0.1, 0.15) is 17.5 Å². The number of amides is 2. The van der Waals surface area contributed by atoms with Crippen LogP contribution in [0, 0.1) is 12.8 Å². The molecule has 1 aliphatic rings. The normalized spacial score (nSPS) is 16.7. The van der Waals surface area contributed by atoms with Gasteiger partial charge in [-0.25, -0.2) is 4.79 Å². The molecular weight excluding hydrogens is 344 g/mol. The molecule has 0 aliphatic carbocycles. The monoisotopic (exact) mass is 370 g/mol. The van der Waals surface area contributed by atoms with Gasteiger partial charge >= 0.3 is 6.03 Å². The molecule has 0 bridgehead atoms. The highest BCUT2D eigenvalue weighted by Gasteiger charge is 2.26. The number of carbonyl (C=O) groups excluding carboxylic acids is 1. The number of rotatable bonds is 6. The van der Waals surface area contributed by atoms with Crippen molar-refractivity contribution >= 4 is 23.5 Å². The van der Waals surface area contributed by atoms with Gasteiger partial charge in [-0.05, 0) is 31.0 Å². The fraction of sp³-hybridized carbons (Fsp3) is 0.381. The maximum Gasteiger partial charge on any atom is 0.321 e. The van der Waals surface area contributed by atoms with Crippen LogP contribution in [-0.2, 0) is 10.5 Å². The number of urea groups is 1. The first-order chi connectivity index (χ1) is 12.7. The van der Waals surface area contributed by atoms with Crippen LogP contribution in [0.5, 0.6) is 0 Å². The summed E-state index contributed by atoms with van der Waals surface area (Å²) < 4.78 is 5.21. The zero-order chi connectivity index (χ0) is 18.4. The van der Waals surface area contributed by atoms with Crippen molar-refractivity contribution in [3.8, 4) is 0 Å². The van der Waals surface area contributed by atoms with Gasteiger partial charge in [-0.15, -0.1) is 11.8 Å². The first-order valence-corrected chi connectivity index (χ1v) is 9.96. The highest BCUT2D eigenvalue weighted by Crippen LogP contribution is 2.30. The average molecular weight is 371 g/mol. The van der Waals surface area contributed by atoms with Crippen LogP contribution in [0.3, 0.4) is 0 Å². The molecule has 1 aliphatic heterocycles. The fourth-order valence-corrected chi connectivity index (χ4v) is 4.09. The van der Waals surface area contributed by atoms with E-state index in [1.54, 1.807) is 18.9 Å². The Morgan fingerprint density at radius 3 is 2.77 bits per heavy atom. The molecule has 5 heteroatoms. The van der Waals surface area contributed by atoms with Gasteiger partial charge in [-0.3, -0.25) is 0 Å². The second-order valence-electron chi connectivity index (χ2n) is 6.76. The molecule has 2 amide bonds. The molecule has 2 aromatic carbocycles. The third kappa shape index (κ3) is 5.02. The molecule has 26 heavy (non-hydrogen) atoms. The second-order valence-corrected chi connectivity index (χ2v) is 7.77. The lowest BCUT2D eigenvalue weighted by atomic mass is 10.1. The van der Waals surface area contributed by atoms with E-state index < -0.39 is 0 Å². The number of carbonyl (C=O) groups is 1. The zero-order valence-electron chi connectivity index (χ0n) is 15.4.